The van der Waals surface area contributed by atoms with Gasteiger partial charge >= 0.3 is 0 Å². The third-order valence-corrected chi connectivity index (χ3v) is 11.3. The zero-order valence-corrected chi connectivity index (χ0v) is 22.7. The number of hydrogen-bond acceptors (Lipinski definition) is 5. The molecule has 0 aliphatic heterocycles. The summed E-state index contributed by atoms with van der Waals surface area (Å²) in [7, 11) is -3.85. The Hall–Kier alpha value is -2.03. The zero-order valence-electron chi connectivity index (χ0n) is 21.1. The number of amides is 1. The summed E-state index contributed by atoms with van der Waals surface area (Å²) in [5.74, 6) is -0.136. The molecule has 1 heterocycles. The van der Waals surface area contributed by atoms with Crippen molar-refractivity contribution in [2.75, 3.05) is 12.3 Å². The van der Waals surface area contributed by atoms with Gasteiger partial charge in [-0.25, -0.2) is 8.42 Å². The number of sulfonamides is 1. The van der Waals surface area contributed by atoms with Crippen LogP contribution in [0.25, 0.3) is 0 Å². The van der Waals surface area contributed by atoms with E-state index < -0.39 is 21.5 Å². The van der Waals surface area contributed by atoms with Crippen molar-refractivity contribution in [3.8, 4) is 0 Å². The molecule has 1 aromatic heterocycles. The topological polar surface area (TPSA) is 74.8 Å². The average Bonchev–Trinajstić information content (AvgIpc) is 3.43. The highest BCUT2D eigenvalue weighted by molar-refractivity contribution is 7.89. The van der Waals surface area contributed by atoms with Crippen LogP contribution < -0.4 is 0 Å². The van der Waals surface area contributed by atoms with Crippen LogP contribution in [0.3, 0.4) is 0 Å². The predicted octanol–water partition coefficient (Wildman–Crippen LogP) is 4.71. The number of hydrogen-bond donors (Lipinski definition) is 0. The van der Waals surface area contributed by atoms with E-state index >= 15 is 0 Å². The Balaban J connectivity index is 1.56. The van der Waals surface area contributed by atoms with Gasteiger partial charge in [-0.2, -0.15) is 4.31 Å². The van der Waals surface area contributed by atoms with Gasteiger partial charge in [0, 0.05) is 29.3 Å². The van der Waals surface area contributed by atoms with Gasteiger partial charge in [0.1, 0.15) is 5.78 Å². The first-order valence-corrected chi connectivity index (χ1v) is 14.8. The molecule has 2 aliphatic carbocycles. The lowest BCUT2D eigenvalue weighted by Gasteiger charge is -2.38. The normalized spacial score (nSPS) is 23.4. The molecule has 2 saturated carbocycles. The summed E-state index contributed by atoms with van der Waals surface area (Å²) < 4.78 is 28.9. The minimum atomic E-state index is -3.85. The molecule has 2 bridgehead atoms. The van der Waals surface area contributed by atoms with Crippen LogP contribution in [0, 0.1) is 16.7 Å². The number of fused-ring (bicyclic) bond motifs is 2. The molecule has 2 fully saturated rings. The van der Waals surface area contributed by atoms with Crippen LogP contribution in [0.5, 0.6) is 0 Å². The van der Waals surface area contributed by atoms with Crippen molar-refractivity contribution in [3.05, 3.63) is 58.3 Å². The second-order valence-corrected chi connectivity index (χ2v) is 13.8. The first kappa shape index (κ1) is 26.0. The van der Waals surface area contributed by atoms with Gasteiger partial charge in [0.05, 0.1) is 18.8 Å². The van der Waals surface area contributed by atoms with Gasteiger partial charge in [-0.05, 0) is 55.0 Å². The second kappa shape index (κ2) is 9.79. The highest BCUT2D eigenvalue weighted by Gasteiger charge is 2.65. The van der Waals surface area contributed by atoms with E-state index in [2.05, 4.69) is 0 Å². The van der Waals surface area contributed by atoms with Crippen LogP contribution in [-0.4, -0.2) is 47.7 Å². The Morgan fingerprint density at radius 3 is 2.37 bits per heavy atom. The molecule has 190 valence electrons. The maximum Gasteiger partial charge on any atom is 0.238 e. The molecule has 35 heavy (non-hydrogen) atoms. The van der Waals surface area contributed by atoms with Gasteiger partial charge in [-0.1, -0.05) is 50.2 Å². The first-order chi connectivity index (χ1) is 16.5. The lowest BCUT2D eigenvalue weighted by molar-refractivity contribution is -0.132. The highest BCUT2D eigenvalue weighted by atomic mass is 32.2. The van der Waals surface area contributed by atoms with Gasteiger partial charge in [0.2, 0.25) is 15.9 Å². The van der Waals surface area contributed by atoms with Crippen molar-refractivity contribution < 1.29 is 18.0 Å². The summed E-state index contributed by atoms with van der Waals surface area (Å²) in [5, 5.41) is 1.97. The Bertz CT molecular complexity index is 1160. The van der Waals surface area contributed by atoms with Crippen molar-refractivity contribution in [1.82, 2.24) is 9.21 Å². The van der Waals surface area contributed by atoms with E-state index in [0.717, 1.165) is 16.9 Å². The molecule has 4 rings (SSSR count). The molecule has 1 amide bonds. The highest BCUT2D eigenvalue weighted by Crippen LogP contribution is 2.64. The summed E-state index contributed by atoms with van der Waals surface area (Å²) in [4.78, 5) is 29.3. The van der Waals surface area contributed by atoms with Gasteiger partial charge in [-0.15, -0.1) is 11.3 Å². The molecule has 2 atom stereocenters. The first-order valence-electron chi connectivity index (χ1n) is 12.3. The van der Waals surface area contributed by atoms with E-state index in [1.807, 2.05) is 61.7 Å². The molecule has 6 nitrogen and oxygen atoms in total. The van der Waals surface area contributed by atoms with Gasteiger partial charge in [-0.3, -0.25) is 9.59 Å². The SMILES string of the molecule is CC(C)N(CC(=O)N(Cc1ccccc1)Cc1cccs1)S(=O)(=O)CC12CCC(CC1=O)C2(C)C. The fraction of sp³-hybridized carbons (Fsp3) is 0.556. The lowest BCUT2D eigenvalue weighted by atomic mass is 9.70. The molecule has 2 aromatic rings. The van der Waals surface area contributed by atoms with Gasteiger partial charge in [0.25, 0.3) is 0 Å². The Labute approximate surface area is 213 Å². The molecule has 8 heteroatoms. The minimum absolute atomic E-state index is 0.0701. The maximum atomic E-state index is 13.8. The molecular weight excluding hydrogens is 480 g/mol. The number of ketones is 1. The van der Waals surface area contributed by atoms with E-state index in [0.29, 0.717) is 25.9 Å². The Kier molecular flexibility index (Phi) is 7.28. The summed E-state index contributed by atoms with van der Waals surface area (Å²) in [6, 6.07) is 13.3. The molecule has 2 aliphatic rings. The van der Waals surface area contributed by atoms with Crippen LogP contribution in [0.4, 0.5) is 0 Å². The molecule has 2 unspecified atom stereocenters. The smallest absolute Gasteiger partial charge is 0.238 e. The molecule has 1 aromatic carbocycles. The summed E-state index contributed by atoms with van der Waals surface area (Å²) in [6.45, 7) is 8.27. The van der Waals surface area contributed by atoms with Crippen LogP contribution in [0.2, 0.25) is 0 Å². The molecule has 0 saturated heterocycles. The standard InChI is InChI=1S/C27H36N2O4S2/c1-20(2)29(35(32,33)19-27-13-12-22(15-24(27)30)26(27,3)4)18-25(31)28(17-23-11-8-14-34-23)16-21-9-6-5-7-10-21/h5-11,14,20,22H,12-13,15-19H2,1-4H3. The van der Waals surface area contributed by atoms with Crippen LogP contribution in [0.1, 0.15) is 57.4 Å². The fourth-order valence-corrected chi connectivity index (χ4v) is 9.10. The van der Waals surface area contributed by atoms with Crippen molar-refractivity contribution >= 4 is 33.1 Å². The molecule has 0 N–H and O–H groups in total. The zero-order chi connectivity index (χ0) is 25.4. The molecule has 0 radical (unpaired) electrons. The van der Waals surface area contributed by atoms with Crippen molar-refractivity contribution in [2.45, 2.75) is 66.1 Å². The maximum absolute atomic E-state index is 13.8. The van der Waals surface area contributed by atoms with Gasteiger partial charge in [0.15, 0.2) is 0 Å². The molecular formula is C27H36N2O4S2. The third kappa shape index (κ3) is 4.98. The largest absolute Gasteiger partial charge is 0.332 e. The minimum Gasteiger partial charge on any atom is -0.332 e. The van der Waals surface area contributed by atoms with Crippen LogP contribution in [0.15, 0.2) is 47.8 Å². The number of thiophene rings is 1. The Morgan fingerprint density at radius 2 is 1.83 bits per heavy atom. The van der Waals surface area contributed by atoms with Crippen molar-refractivity contribution in [1.29, 1.82) is 0 Å². The van der Waals surface area contributed by atoms with E-state index in [1.54, 1.807) is 30.1 Å². The second-order valence-electron chi connectivity index (χ2n) is 10.9. The third-order valence-electron chi connectivity index (χ3n) is 8.29. The summed E-state index contributed by atoms with van der Waals surface area (Å²) >= 11 is 1.58. The van der Waals surface area contributed by atoms with E-state index in [1.165, 1.54) is 4.31 Å². The number of benzene rings is 1. The van der Waals surface area contributed by atoms with Crippen molar-refractivity contribution in [2.24, 2.45) is 16.7 Å². The summed E-state index contributed by atoms with van der Waals surface area (Å²) in [6.07, 6.45) is 1.97. The van der Waals surface area contributed by atoms with E-state index in [-0.39, 0.29) is 35.3 Å². The number of carbonyl (C=O) groups is 2. The monoisotopic (exact) mass is 516 g/mol. The quantitative estimate of drug-likeness (QED) is 0.458. The number of rotatable bonds is 10. The fourth-order valence-electron chi connectivity index (χ4n) is 5.96. The number of carbonyl (C=O) groups excluding carboxylic acids is 2. The summed E-state index contributed by atoms with van der Waals surface area (Å²) in [5.41, 5.74) is -0.207. The van der Waals surface area contributed by atoms with E-state index in [9.17, 15) is 18.0 Å². The molecule has 0 spiro atoms. The van der Waals surface area contributed by atoms with E-state index in [4.69, 9.17) is 0 Å². The van der Waals surface area contributed by atoms with Crippen LogP contribution in [-0.2, 0) is 32.7 Å². The number of Topliss-reactive ketones (excluding diaryl/α,β-unsaturated/α-hetero) is 1. The lowest BCUT2D eigenvalue weighted by Crippen LogP contribution is -2.51. The van der Waals surface area contributed by atoms with Crippen molar-refractivity contribution in [3.63, 3.8) is 0 Å². The predicted molar refractivity (Wildman–Crippen MR) is 139 cm³/mol. The average molecular weight is 517 g/mol. The Morgan fingerprint density at radius 1 is 1.11 bits per heavy atom. The van der Waals surface area contributed by atoms with Crippen LogP contribution >= 0.6 is 11.3 Å². The number of nitrogens with zero attached hydrogens (tertiary/aromatic N) is 2. The van der Waals surface area contributed by atoms with Gasteiger partial charge < -0.3 is 4.90 Å².